The van der Waals surface area contributed by atoms with E-state index in [1.165, 1.54) is 71.9 Å². The third-order valence-electron chi connectivity index (χ3n) is 13.1. The van der Waals surface area contributed by atoms with Crippen LogP contribution in [-0.2, 0) is 5.41 Å². The molecular weight excluding hydrogens is 761 g/mol. The zero-order valence-electron chi connectivity index (χ0n) is 34.6. The first-order valence-corrected chi connectivity index (χ1v) is 21.8. The second kappa shape index (κ2) is 15.1. The molecule has 0 atom stereocenters. The molecule has 0 unspecified atom stereocenters. The average Bonchev–Trinajstić information content (AvgIpc) is 3.85. The fraction of sp³-hybridized carbons (Fsp3) is 0.0164. The number of fused-ring (bicyclic) bond motifs is 6. The van der Waals surface area contributed by atoms with E-state index >= 15 is 0 Å². The summed E-state index contributed by atoms with van der Waals surface area (Å²) in [6.07, 6.45) is 0. The maximum atomic E-state index is 2.45. The van der Waals surface area contributed by atoms with Crippen LogP contribution in [0.1, 0.15) is 22.3 Å². The lowest BCUT2D eigenvalue weighted by Crippen LogP contribution is -2.28. The van der Waals surface area contributed by atoms with E-state index in [0.717, 1.165) is 28.3 Å². The molecule has 0 N–H and O–H groups in total. The molecule has 0 radical (unpaired) electrons. The number of nitrogens with zero attached hydrogens (tertiary/aromatic N) is 2. The highest BCUT2D eigenvalue weighted by Crippen LogP contribution is 2.57. The number of benzene rings is 10. The van der Waals surface area contributed by atoms with Crippen molar-refractivity contribution in [3.63, 3.8) is 0 Å². The van der Waals surface area contributed by atoms with Gasteiger partial charge in [-0.1, -0.05) is 194 Å². The molecule has 0 amide bonds. The van der Waals surface area contributed by atoms with Crippen molar-refractivity contribution in [3.8, 4) is 39.1 Å². The van der Waals surface area contributed by atoms with Crippen LogP contribution in [-0.4, -0.2) is 4.57 Å². The van der Waals surface area contributed by atoms with Crippen LogP contribution in [0.25, 0.3) is 60.9 Å². The largest absolute Gasteiger partial charge is 0.310 e. The summed E-state index contributed by atoms with van der Waals surface area (Å²) in [5.74, 6) is 0. The molecule has 0 saturated carbocycles. The smallest absolute Gasteiger partial charge is 0.0714 e. The summed E-state index contributed by atoms with van der Waals surface area (Å²) in [7, 11) is 0. The minimum atomic E-state index is -0.499. The van der Waals surface area contributed by atoms with Gasteiger partial charge in [0.2, 0.25) is 0 Å². The first-order valence-electron chi connectivity index (χ1n) is 21.8. The van der Waals surface area contributed by atoms with E-state index in [-0.39, 0.29) is 0 Å². The van der Waals surface area contributed by atoms with Crippen molar-refractivity contribution < 1.29 is 0 Å². The van der Waals surface area contributed by atoms with Gasteiger partial charge in [-0.15, -0.1) is 0 Å². The molecule has 296 valence electrons. The Bertz CT molecular complexity index is 3400. The van der Waals surface area contributed by atoms with Gasteiger partial charge in [-0.05, 0) is 116 Å². The van der Waals surface area contributed by atoms with E-state index in [9.17, 15) is 0 Å². The van der Waals surface area contributed by atoms with Crippen LogP contribution in [0.3, 0.4) is 0 Å². The number of para-hydroxylation sites is 3. The van der Waals surface area contributed by atoms with Gasteiger partial charge in [-0.25, -0.2) is 0 Å². The molecule has 1 heterocycles. The number of hydrogen-bond donors (Lipinski definition) is 0. The molecule has 0 saturated heterocycles. The van der Waals surface area contributed by atoms with Crippen molar-refractivity contribution in [2.45, 2.75) is 5.41 Å². The van der Waals surface area contributed by atoms with Gasteiger partial charge in [0.1, 0.15) is 0 Å². The topological polar surface area (TPSA) is 8.17 Å². The highest BCUT2D eigenvalue weighted by Gasteiger charge is 2.46. The van der Waals surface area contributed by atoms with Gasteiger partial charge in [-0.2, -0.15) is 0 Å². The number of hydrogen-bond acceptors (Lipinski definition) is 1. The molecule has 63 heavy (non-hydrogen) atoms. The Morgan fingerprint density at radius 3 is 1.54 bits per heavy atom. The Balaban J connectivity index is 1.03. The summed E-state index contributed by atoms with van der Waals surface area (Å²) in [5, 5.41) is 2.50. The van der Waals surface area contributed by atoms with E-state index in [4.69, 9.17) is 0 Å². The van der Waals surface area contributed by atoms with Gasteiger partial charge >= 0.3 is 0 Å². The summed E-state index contributed by atoms with van der Waals surface area (Å²) in [6.45, 7) is 0. The molecule has 0 aliphatic heterocycles. The molecule has 0 bridgehead atoms. The molecule has 0 spiro atoms. The standard InChI is InChI=1S/C61H42N2/c1-5-21-45(22-6-1)61(46-23-7-2-8-24-46)57-34-17-15-32-53(57)54-39-37-50(42-58(54)61)62(47-25-9-3-10-26-47)49-29-19-20-43(40-49)51-30-13-14-31-52(51)44-36-38-56-55-33-16-18-35-59(55)63(60(56)41-44)48-27-11-4-12-28-48/h1-42H. The van der Waals surface area contributed by atoms with E-state index < -0.39 is 5.41 Å². The van der Waals surface area contributed by atoms with Crippen molar-refractivity contribution in [3.05, 3.63) is 277 Å². The van der Waals surface area contributed by atoms with E-state index in [1.807, 2.05) is 0 Å². The summed E-state index contributed by atoms with van der Waals surface area (Å²) in [6, 6.07) is 93.2. The highest BCUT2D eigenvalue weighted by molar-refractivity contribution is 6.10. The minimum absolute atomic E-state index is 0.499. The van der Waals surface area contributed by atoms with E-state index in [2.05, 4.69) is 264 Å². The van der Waals surface area contributed by atoms with Crippen molar-refractivity contribution >= 4 is 38.9 Å². The summed E-state index contributed by atoms with van der Waals surface area (Å²) >= 11 is 0. The number of anilines is 3. The zero-order valence-corrected chi connectivity index (χ0v) is 34.6. The normalized spacial score (nSPS) is 12.6. The lowest BCUT2D eigenvalue weighted by molar-refractivity contribution is 0.768. The Kier molecular flexibility index (Phi) is 8.76. The van der Waals surface area contributed by atoms with Gasteiger partial charge in [0.05, 0.1) is 16.4 Å². The third kappa shape index (κ3) is 5.87. The fourth-order valence-electron chi connectivity index (χ4n) is 10.4. The summed E-state index contributed by atoms with van der Waals surface area (Å²) in [5.41, 5.74) is 18.7. The second-order valence-electron chi connectivity index (χ2n) is 16.4. The van der Waals surface area contributed by atoms with Gasteiger partial charge in [-0.3, -0.25) is 0 Å². The van der Waals surface area contributed by atoms with Gasteiger partial charge in [0, 0.05) is 33.5 Å². The summed E-state index contributed by atoms with van der Waals surface area (Å²) < 4.78 is 2.40. The molecule has 10 aromatic carbocycles. The van der Waals surface area contributed by atoms with Gasteiger partial charge in [0.25, 0.3) is 0 Å². The van der Waals surface area contributed by atoms with Crippen LogP contribution in [0, 0.1) is 0 Å². The molecule has 1 aliphatic rings. The van der Waals surface area contributed by atoms with Gasteiger partial charge in [0.15, 0.2) is 0 Å². The molecule has 2 heteroatoms. The maximum absolute atomic E-state index is 2.45. The lowest BCUT2D eigenvalue weighted by atomic mass is 9.67. The number of rotatable bonds is 8. The van der Waals surface area contributed by atoms with Crippen LogP contribution in [0.4, 0.5) is 17.1 Å². The lowest BCUT2D eigenvalue weighted by Gasteiger charge is -2.35. The monoisotopic (exact) mass is 802 g/mol. The first-order chi connectivity index (χ1) is 31.3. The van der Waals surface area contributed by atoms with E-state index in [0.29, 0.717) is 0 Å². The maximum Gasteiger partial charge on any atom is 0.0714 e. The second-order valence-corrected chi connectivity index (χ2v) is 16.4. The average molecular weight is 803 g/mol. The minimum Gasteiger partial charge on any atom is -0.310 e. The van der Waals surface area contributed by atoms with E-state index in [1.54, 1.807) is 0 Å². The van der Waals surface area contributed by atoms with Crippen molar-refractivity contribution in [2.24, 2.45) is 0 Å². The first kappa shape index (κ1) is 36.6. The van der Waals surface area contributed by atoms with Crippen molar-refractivity contribution in [1.29, 1.82) is 0 Å². The van der Waals surface area contributed by atoms with Crippen LogP contribution in [0.2, 0.25) is 0 Å². The molecule has 12 rings (SSSR count). The molecule has 1 aliphatic carbocycles. The quantitative estimate of drug-likeness (QED) is 0.149. The molecule has 1 aromatic heterocycles. The molecule has 11 aromatic rings. The molecule has 2 nitrogen and oxygen atoms in total. The SMILES string of the molecule is c1ccc(N(c2cccc(-c3ccccc3-c3ccc4c5ccccc5n(-c5ccccc5)c4c3)c2)c2ccc3c(c2)C(c2ccccc2)(c2ccccc2)c2ccccc2-3)cc1. The predicted octanol–water partition coefficient (Wildman–Crippen LogP) is 16.0. The van der Waals surface area contributed by atoms with Crippen LogP contribution in [0.5, 0.6) is 0 Å². The predicted molar refractivity (Wildman–Crippen MR) is 264 cm³/mol. The molecular formula is C61H42N2. The van der Waals surface area contributed by atoms with Gasteiger partial charge < -0.3 is 9.47 Å². The van der Waals surface area contributed by atoms with Crippen LogP contribution < -0.4 is 4.90 Å². The third-order valence-corrected chi connectivity index (χ3v) is 13.1. The van der Waals surface area contributed by atoms with Crippen molar-refractivity contribution in [2.75, 3.05) is 4.90 Å². The molecule has 0 fully saturated rings. The Labute approximate surface area is 368 Å². The Morgan fingerprint density at radius 1 is 0.302 bits per heavy atom. The zero-order chi connectivity index (χ0) is 41.7. The Morgan fingerprint density at radius 2 is 0.825 bits per heavy atom. The number of aromatic nitrogens is 1. The van der Waals surface area contributed by atoms with Crippen molar-refractivity contribution in [1.82, 2.24) is 4.57 Å². The highest BCUT2D eigenvalue weighted by atomic mass is 15.1. The van der Waals surface area contributed by atoms with Crippen LogP contribution in [0.15, 0.2) is 255 Å². The fourth-order valence-corrected chi connectivity index (χ4v) is 10.4. The van der Waals surface area contributed by atoms with Crippen LogP contribution >= 0.6 is 0 Å². The summed E-state index contributed by atoms with van der Waals surface area (Å²) in [4.78, 5) is 2.42. The Hall–Kier alpha value is -8.20.